The van der Waals surface area contributed by atoms with Crippen molar-refractivity contribution in [1.29, 1.82) is 0 Å². The van der Waals surface area contributed by atoms with E-state index in [0.717, 1.165) is 16.0 Å². The SMILES string of the molecule is CNC(=S)NN=C(C(=NNC(=S)NC[P+](c1ccccc1)(c1ccccc1)c1ccccc1)c1ccccc1)c1ccc(SC)cc1. The van der Waals surface area contributed by atoms with Gasteiger partial charge >= 0.3 is 0 Å². The van der Waals surface area contributed by atoms with Crippen LogP contribution in [-0.4, -0.2) is 41.2 Å². The minimum absolute atomic E-state index is 0.392. The summed E-state index contributed by atoms with van der Waals surface area (Å²) >= 11 is 12.9. The predicted octanol–water partition coefficient (Wildman–Crippen LogP) is 6.03. The van der Waals surface area contributed by atoms with Crippen LogP contribution in [-0.2, 0) is 0 Å². The Morgan fingerprint density at radius 2 is 0.979 bits per heavy atom. The Bertz CT molecular complexity index is 1720. The fourth-order valence-electron chi connectivity index (χ4n) is 5.12. The molecule has 5 aromatic rings. The molecular formula is C37H36N6PS3+. The zero-order chi connectivity index (χ0) is 32.9. The van der Waals surface area contributed by atoms with Crippen LogP contribution in [0.2, 0.25) is 0 Å². The average molecular weight is 692 g/mol. The highest BCUT2D eigenvalue weighted by Crippen LogP contribution is 2.54. The molecule has 0 aliphatic carbocycles. The van der Waals surface area contributed by atoms with Crippen LogP contribution in [0.1, 0.15) is 11.1 Å². The molecule has 0 saturated carbocycles. The van der Waals surface area contributed by atoms with Gasteiger partial charge in [0.2, 0.25) is 0 Å². The average Bonchev–Trinajstić information content (AvgIpc) is 3.15. The summed E-state index contributed by atoms with van der Waals surface area (Å²) < 4.78 is 0. The van der Waals surface area contributed by atoms with Crippen LogP contribution in [0.5, 0.6) is 0 Å². The van der Waals surface area contributed by atoms with E-state index in [1.807, 2.05) is 42.5 Å². The van der Waals surface area contributed by atoms with Crippen LogP contribution in [0.25, 0.3) is 0 Å². The Labute approximate surface area is 292 Å². The Kier molecular flexibility index (Phi) is 12.2. The van der Waals surface area contributed by atoms with Crippen LogP contribution < -0.4 is 37.4 Å². The van der Waals surface area contributed by atoms with Crippen LogP contribution in [0.15, 0.2) is 161 Å². The molecule has 0 saturated heterocycles. The largest absolute Gasteiger partial charge is 0.364 e. The maximum Gasteiger partial charge on any atom is 0.189 e. The molecule has 6 nitrogen and oxygen atoms in total. The molecule has 5 rings (SSSR count). The van der Waals surface area contributed by atoms with E-state index in [-0.39, 0.29) is 0 Å². The van der Waals surface area contributed by atoms with Crippen molar-refractivity contribution in [2.75, 3.05) is 19.6 Å². The van der Waals surface area contributed by atoms with Gasteiger partial charge in [-0.3, -0.25) is 10.9 Å². The molecule has 0 heterocycles. The van der Waals surface area contributed by atoms with Crippen LogP contribution in [0, 0.1) is 0 Å². The standard InChI is InChI=1S/C37H35N6PS3/c1-38-36(45)42-40-35(29-23-25-33(47-2)26-24-29)34(28-15-7-3-8-16-28)41-43-37(46)39-27-44(30-17-9-4-10-18-30,31-19-11-5-12-20-31)32-21-13-6-14-22-32/h3-26H,27H2,1-2H3,(H3-,38,39,40,41,42,43,45,46)/p+1. The Morgan fingerprint density at radius 3 is 1.40 bits per heavy atom. The predicted molar refractivity (Wildman–Crippen MR) is 211 cm³/mol. The first-order valence-corrected chi connectivity index (χ1v) is 19.0. The zero-order valence-corrected chi connectivity index (χ0v) is 29.5. The second-order valence-electron chi connectivity index (χ2n) is 10.3. The normalized spacial score (nSPS) is 11.8. The highest BCUT2D eigenvalue weighted by Gasteiger charge is 2.45. The van der Waals surface area contributed by atoms with Gasteiger partial charge in [-0.2, -0.15) is 10.2 Å². The smallest absolute Gasteiger partial charge is 0.189 e. The van der Waals surface area contributed by atoms with Gasteiger partial charge in [-0.15, -0.1) is 11.8 Å². The summed E-state index contributed by atoms with van der Waals surface area (Å²) in [5.41, 5.74) is 9.05. The van der Waals surface area contributed by atoms with Crippen molar-refractivity contribution in [2.45, 2.75) is 4.90 Å². The van der Waals surface area contributed by atoms with E-state index in [1.165, 1.54) is 15.9 Å². The van der Waals surface area contributed by atoms with E-state index < -0.39 is 7.26 Å². The van der Waals surface area contributed by atoms with Crippen molar-refractivity contribution in [3.63, 3.8) is 0 Å². The number of thiocarbonyl (C=S) groups is 2. The maximum atomic E-state index is 5.90. The lowest BCUT2D eigenvalue weighted by atomic mass is 10.00. The van der Waals surface area contributed by atoms with E-state index in [2.05, 4.69) is 131 Å². The van der Waals surface area contributed by atoms with E-state index >= 15 is 0 Å². The molecule has 236 valence electrons. The first kappa shape index (κ1) is 33.9. The highest BCUT2D eigenvalue weighted by atomic mass is 32.2. The fraction of sp³-hybridized carbons (Fsp3) is 0.0811. The minimum Gasteiger partial charge on any atom is -0.364 e. The van der Waals surface area contributed by atoms with E-state index in [9.17, 15) is 0 Å². The van der Waals surface area contributed by atoms with Gasteiger partial charge in [-0.25, -0.2) is 0 Å². The molecule has 0 radical (unpaired) electrons. The maximum absolute atomic E-state index is 5.90. The molecule has 0 aliphatic rings. The van der Waals surface area contributed by atoms with Gasteiger partial charge in [0, 0.05) is 23.1 Å². The van der Waals surface area contributed by atoms with Crippen LogP contribution >= 0.6 is 43.5 Å². The van der Waals surface area contributed by atoms with Gasteiger partial charge in [0.25, 0.3) is 0 Å². The van der Waals surface area contributed by atoms with Crippen molar-refractivity contribution < 1.29 is 0 Å². The van der Waals surface area contributed by atoms with Gasteiger partial charge in [-0.05, 0) is 79.2 Å². The molecule has 47 heavy (non-hydrogen) atoms. The lowest BCUT2D eigenvalue weighted by Crippen LogP contribution is -2.42. The van der Waals surface area contributed by atoms with Crippen molar-refractivity contribution >= 4 is 81.0 Å². The topological polar surface area (TPSA) is 72.8 Å². The van der Waals surface area contributed by atoms with Gasteiger partial charge in [0.05, 0.1) is 0 Å². The van der Waals surface area contributed by atoms with Gasteiger partial charge in [0.1, 0.15) is 40.9 Å². The summed E-state index contributed by atoms with van der Waals surface area (Å²) in [6.07, 6.45) is 2.65. The van der Waals surface area contributed by atoms with Gasteiger partial charge in [-0.1, -0.05) is 97.1 Å². The van der Waals surface area contributed by atoms with E-state index in [1.54, 1.807) is 18.8 Å². The Balaban J connectivity index is 1.51. The number of hydrazone groups is 2. The third-order valence-electron chi connectivity index (χ3n) is 7.47. The highest BCUT2D eigenvalue weighted by molar-refractivity contribution is 7.98. The number of nitrogens with one attached hydrogen (secondary N) is 4. The third-order valence-corrected chi connectivity index (χ3v) is 12.9. The lowest BCUT2D eigenvalue weighted by Gasteiger charge is -2.28. The van der Waals surface area contributed by atoms with Crippen molar-refractivity contribution in [1.82, 2.24) is 21.5 Å². The molecule has 0 unspecified atom stereocenters. The molecule has 4 N–H and O–H groups in total. The summed E-state index contributed by atoms with van der Waals surface area (Å²) in [5.74, 6) is 0. The first-order valence-electron chi connectivity index (χ1n) is 15.0. The first-order chi connectivity index (χ1) is 23.0. The monoisotopic (exact) mass is 691 g/mol. The number of hydrogen-bond acceptors (Lipinski definition) is 5. The zero-order valence-electron chi connectivity index (χ0n) is 26.1. The molecule has 0 aliphatic heterocycles. The van der Waals surface area contributed by atoms with E-state index in [0.29, 0.717) is 27.9 Å². The molecular weight excluding hydrogens is 656 g/mol. The number of benzene rings is 5. The van der Waals surface area contributed by atoms with Crippen LogP contribution in [0.4, 0.5) is 0 Å². The summed E-state index contributed by atoms with van der Waals surface area (Å²) in [7, 11) is -0.408. The van der Waals surface area contributed by atoms with Crippen molar-refractivity contribution in [3.05, 3.63) is 157 Å². The number of rotatable bonds is 11. The van der Waals surface area contributed by atoms with Crippen LogP contribution in [0.3, 0.4) is 0 Å². The second-order valence-corrected chi connectivity index (χ2v) is 15.5. The number of nitrogens with zero attached hydrogens (tertiary/aromatic N) is 2. The summed E-state index contributed by atoms with van der Waals surface area (Å²) in [4.78, 5) is 1.15. The summed E-state index contributed by atoms with van der Waals surface area (Å²) in [6, 6.07) is 50.1. The molecule has 0 aromatic heterocycles. The minimum atomic E-state index is -2.16. The molecule has 0 spiro atoms. The Morgan fingerprint density at radius 1 is 0.574 bits per heavy atom. The second kappa shape index (κ2) is 17.0. The van der Waals surface area contributed by atoms with Crippen molar-refractivity contribution in [2.24, 2.45) is 10.2 Å². The number of hydrogen-bond donors (Lipinski definition) is 4. The fourth-order valence-corrected chi connectivity index (χ4v) is 9.68. The number of thioether (sulfide) groups is 1. The Hall–Kier alpha value is -4.40. The summed E-state index contributed by atoms with van der Waals surface area (Å²) in [6.45, 7) is 0. The molecule has 0 atom stereocenters. The van der Waals surface area contributed by atoms with Crippen molar-refractivity contribution in [3.8, 4) is 0 Å². The molecule has 0 fully saturated rings. The van der Waals surface area contributed by atoms with Gasteiger partial charge in [0.15, 0.2) is 10.2 Å². The summed E-state index contributed by atoms with van der Waals surface area (Å²) in [5, 5.41) is 20.6. The quantitative estimate of drug-likeness (QED) is 0.0444. The third kappa shape index (κ3) is 8.50. The molecule has 0 amide bonds. The van der Waals surface area contributed by atoms with Gasteiger partial charge < -0.3 is 10.6 Å². The molecule has 0 bridgehead atoms. The molecule has 5 aromatic carbocycles. The molecule has 10 heteroatoms. The lowest BCUT2D eigenvalue weighted by molar-refractivity contribution is 0.958. The van der Waals surface area contributed by atoms with E-state index in [4.69, 9.17) is 34.6 Å².